The second-order valence-corrected chi connectivity index (χ2v) is 6.85. The summed E-state index contributed by atoms with van der Waals surface area (Å²) < 4.78 is 6.55. The summed E-state index contributed by atoms with van der Waals surface area (Å²) in [6.07, 6.45) is 1.80. The summed E-state index contributed by atoms with van der Waals surface area (Å²) in [5.74, 6) is 1.08. The number of nitrogens with one attached hydrogen (secondary N) is 1. The van der Waals surface area contributed by atoms with Crippen LogP contribution >= 0.6 is 15.9 Å². The highest BCUT2D eigenvalue weighted by atomic mass is 79.9. The van der Waals surface area contributed by atoms with Gasteiger partial charge in [-0.2, -0.15) is 0 Å². The van der Waals surface area contributed by atoms with Crippen molar-refractivity contribution in [2.24, 2.45) is 0 Å². The molecule has 128 valence electrons. The number of halogens is 1. The maximum absolute atomic E-state index is 11.7. The van der Waals surface area contributed by atoms with Crippen molar-refractivity contribution in [3.8, 4) is 17.1 Å². The highest BCUT2D eigenvalue weighted by Crippen LogP contribution is 2.24. The van der Waals surface area contributed by atoms with Gasteiger partial charge in [0.25, 0.3) is 5.91 Å². The van der Waals surface area contributed by atoms with Gasteiger partial charge in [0.1, 0.15) is 5.75 Å². The van der Waals surface area contributed by atoms with Gasteiger partial charge in [-0.05, 0) is 44.2 Å². The van der Waals surface area contributed by atoms with E-state index < -0.39 is 0 Å². The third-order valence-electron chi connectivity index (χ3n) is 3.45. The lowest BCUT2D eigenvalue weighted by molar-refractivity contribution is -0.123. The monoisotopic (exact) mass is 399 g/mol. The first kappa shape index (κ1) is 17.4. The number of aromatic nitrogens is 2. The normalized spacial score (nSPS) is 10.9. The van der Waals surface area contributed by atoms with Crippen LogP contribution < -0.4 is 10.1 Å². The number of carbonyl (C=O) groups is 1. The molecule has 0 aliphatic rings. The molecule has 0 bridgehead atoms. The van der Waals surface area contributed by atoms with Gasteiger partial charge in [0.15, 0.2) is 12.4 Å². The molecule has 1 N–H and O–H groups in total. The van der Waals surface area contributed by atoms with E-state index in [1.165, 1.54) is 0 Å². The first-order valence-corrected chi connectivity index (χ1v) is 8.75. The van der Waals surface area contributed by atoms with E-state index in [0.29, 0.717) is 11.6 Å². The molecular formula is C19H18BrN3O2. The fourth-order valence-electron chi connectivity index (χ4n) is 2.38. The largest absolute Gasteiger partial charge is 0.484 e. The summed E-state index contributed by atoms with van der Waals surface area (Å²) in [6, 6.07) is 13.4. The summed E-state index contributed by atoms with van der Waals surface area (Å²) in [5.41, 5.74) is 1.71. The highest BCUT2D eigenvalue weighted by Gasteiger charge is 2.07. The van der Waals surface area contributed by atoms with Gasteiger partial charge in [0, 0.05) is 27.7 Å². The molecular weight excluding hydrogens is 382 g/mol. The topological polar surface area (TPSA) is 64.1 Å². The SMILES string of the molecule is CC(C)NC(=O)COc1cccc(-c2ncc3cc(Br)ccc3n2)c1. The minimum atomic E-state index is -0.145. The average molecular weight is 400 g/mol. The number of carbonyl (C=O) groups excluding carboxylic acids is 1. The Morgan fingerprint density at radius 3 is 2.88 bits per heavy atom. The van der Waals surface area contributed by atoms with Crippen LogP contribution in [0, 0.1) is 0 Å². The molecule has 0 atom stereocenters. The Morgan fingerprint density at radius 1 is 1.24 bits per heavy atom. The Bertz CT molecular complexity index is 912. The third kappa shape index (κ3) is 4.54. The van der Waals surface area contributed by atoms with Crippen LogP contribution in [0.4, 0.5) is 0 Å². The van der Waals surface area contributed by atoms with Gasteiger partial charge in [0.05, 0.1) is 5.52 Å². The summed E-state index contributed by atoms with van der Waals surface area (Å²) >= 11 is 3.44. The summed E-state index contributed by atoms with van der Waals surface area (Å²) in [7, 11) is 0. The molecule has 1 aromatic heterocycles. The fourth-order valence-corrected chi connectivity index (χ4v) is 2.76. The van der Waals surface area contributed by atoms with Crippen LogP contribution in [-0.2, 0) is 4.79 Å². The van der Waals surface area contributed by atoms with Crippen LogP contribution in [0.3, 0.4) is 0 Å². The maximum atomic E-state index is 11.7. The number of fused-ring (bicyclic) bond motifs is 1. The molecule has 0 aliphatic carbocycles. The smallest absolute Gasteiger partial charge is 0.258 e. The van der Waals surface area contributed by atoms with Crippen LogP contribution in [0.15, 0.2) is 53.1 Å². The molecule has 0 saturated carbocycles. The Hall–Kier alpha value is -2.47. The van der Waals surface area contributed by atoms with Gasteiger partial charge in [-0.1, -0.05) is 28.1 Å². The standard InChI is InChI=1S/C19H18BrN3O2/c1-12(2)22-18(24)11-25-16-5-3-4-13(9-16)19-21-10-14-8-15(20)6-7-17(14)23-19/h3-10,12H,11H2,1-2H3,(H,22,24). The first-order chi connectivity index (χ1) is 12.0. The van der Waals surface area contributed by atoms with Crippen molar-refractivity contribution < 1.29 is 9.53 Å². The summed E-state index contributed by atoms with van der Waals surface area (Å²) in [6.45, 7) is 3.80. The van der Waals surface area contributed by atoms with Crippen LogP contribution in [0.1, 0.15) is 13.8 Å². The lowest BCUT2D eigenvalue weighted by atomic mass is 10.2. The quantitative estimate of drug-likeness (QED) is 0.704. The fraction of sp³-hybridized carbons (Fsp3) is 0.211. The van der Waals surface area contributed by atoms with Gasteiger partial charge in [0.2, 0.25) is 0 Å². The van der Waals surface area contributed by atoms with Crippen molar-refractivity contribution in [3.63, 3.8) is 0 Å². The molecule has 6 heteroatoms. The number of benzene rings is 2. The van der Waals surface area contributed by atoms with Crippen LogP contribution in [0.5, 0.6) is 5.75 Å². The molecule has 2 aromatic carbocycles. The van der Waals surface area contributed by atoms with E-state index in [4.69, 9.17) is 4.74 Å². The average Bonchev–Trinajstić information content (AvgIpc) is 2.59. The molecule has 0 saturated heterocycles. The van der Waals surface area contributed by atoms with Gasteiger partial charge < -0.3 is 10.1 Å². The molecule has 5 nitrogen and oxygen atoms in total. The van der Waals surface area contributed by atoms with Crippen molar-refractivity contribution in [1.29, 1.82) is 0 Å². The molecule has 0 fully saturated rings. The van der Waals surface area contributed by atoms with E-state index in [1.807, 2.05) is 56.3 Å². The Kier molecular flexibility index (Phi) is 5.28. The lowest BCUT2D eigenvalue weighted by Crippen LogP contribution is -2.34. The zero-order valence-electron chi connectivity index (χ0n) is 14.0. The molecule has 3 rings (SSSR count). The van der Waals surface area contributed by atoms with E-state index in [2.05, 4.69) is 31.2 Å². The van der Waals surface area contributed by atoms with E-state index in [9.17, 15) is 4.79 Å². The molecule has 1 amide bonds. The molecule has 0 unspecified atom stereocenters. The minimum Gasteiger partial charge on any atom is -0.484 e. The molecule has 0 aliphatic heterocycles. The van der Waals surface area contributed by atoms with Crippen molar-refractivity contribution in [1.82, 2.24) is 15.3 Å². The van der Waals surface area contributed by atoms with Gasteiger partial charge in [-0.3, -0.25) is 4.79 Å². The number of hydrogen-bond donors (Lipinski definition) is 1. The van der Waals surface area contributed by atoms with Gasteiger partial charge in [-0.25, -0.2) is 9.97 Å². The highest BCUT2D eigenvalue weighted by molar-refractivity contribution is 9.10. The Balaban J connectivity index is 1.79. The molecule has 1 heterocycles. The summed E-state index contributed by atoms with van der Waals surface area (Å²) in [5, 5.41) is 3.76. The van der Waals surface area contributed by atoms with Crippen molar-refractivity contribution in [2.45, 2.75) is 19.9 Å². The van der Waals surface area contributed by atoms with Crippen molar-refractivity contribution in [2.75, 3.05) is 6.61 Å². The minimum absolute atomic E-state index is 0.0196. The van der Waals surface area contributed by atoms with E-state index >= 15 is 0 Å². The maximum Gasteiger partial charge on any atom is 0.258 e. The number of amides is 1. The molecule has 0 spiro atoms. The van der Waals surface area contributed by atoms with Crippen molar-refractivity contribution >= 4 is 32.7 Å². The van der Waals surface area contributed by atoms with Crippen LogP contribution in [0.25, 0.3) is 22.3 Å². The van der Waals surface area contributed by atoms with E-state index in [1.54, 1.807) is 6.20 Å². The van der Waals surface area contributed by atoms with Crippen molar-refractivity contribution in [3.05, 3.63) is 53.1 Å². The summed E-state index contributed by atoms with van der Waals surface area (Å²) in [4.78, 5) is 20.7. The Morgan fingerprint density at radius 2 is 2.08 bits per heavy atom. The second kappa shape index (κ2) is 7.61. The third-order valence-corrected chi connectivity index (χ3v) is 3.95. The lowest BCUT2D eigenvalue weighted by Gasteiger charge is -2.10. The van der Waals surface area contributed by atoms with Gasteiger partial charge in [-0.15, -0.1) is 0 Å². The number of ether oxygens (including phenoxy) is 1. The van der Waals surface area contributed by atoms with Gasteiger partial charge >= 0.3 is 0 Å². The van der Waals surface area contributed by atoms with Crippen LogP contribution in [0.2, 0.25) is 0 Å². The number of rotatable bonds is 5. The van der Waals surface area contributed by atoms with E-state index in [0.717, 1.165) is 20.9 Å². The zero-order chi connectivity index (χ0) is 17.8. The predicted octanol–water partition coefficient (Wildman–Crippen LogP) is 3.96. The second-order valence-electron chi connectivity index (χ2n) is 5.94. The number of nitrogens with zero attached hydrogens (tertiary/aromatic N) is 2. The predicted molar refractivity (Wildman–Crippen MR) is 101 cm³/mol. The molecule has 0 radical (unpaired) electrons. The molecule has 25 heavy (non-hydrogen) atoms. The first-order valence-electron chi connectivity index (χ1n) is 7.96. The van der Waals surface area contributed by atoms with Crippen LogP contribution in [-0.4, -0.2) is 28.5 Å². The van der Waals surface area contributed by atoms with E-state index in [-0.39, 0.29) is 18.6 Å². The molecule has 3 aromatic rings. The Labute approximate surface area is 154 Å². The zero-order valence-corrected chi connectivity index (χ0v) is 15.6. The number of hydrogen-bond acceptors (Lipinski definition) is 4.